The molecule has 5 aromatic carbocycles. The number of nitrogens with one attached hydrogen (secondary N) is 5. The number of hydrogen-bond donors (Lipinski definition) is 5. The Morgan fingerprint density at radius 3 is 0.971 bits per heavy atom. The van der Waals surface area contributed by atoms with Gasteiger partial charge >= 0.3 is 0 Å². The van der Waals surface area contributed by atoms with E-state index in [1.165, 1.54) is 92.5 Å². The lowest BCUT2D eigenvalue weighted by Gasteiger charge is -2.14. The van der Waals surface area contributed by atoms with Crippen molar-refractivity contribution in [2.75, 3.05) is 26.2 Å². The summed E-state index contributed by atoms with van der Waals surface area (Å²) in [4.78, 5) is 100. The van der Waals surface area contributed by atoms with E-state index in [4.69, 9.17) is 14.7 Å². The summed E-state index contributed by atoms with van der Waals surface area (Å²) in [7, 11) is 0. The van der Waals surface area contributed by atoms with Gasteiger partial charge in [-0.25, -0.2) is 24.9 Å². The molecule has 0 spiro atoms. The van der Waals surface area contributed by atoms with Gasteiger partial charge in [0.15, 0.2) is 17.3 Å². The number of ether oxygens (including phenoxy) is 1. The number of rotatable bonds is 29. The molecule has 20 aromatic rings. The number of likely N-dealkylation sites (tertiary alicyclic amines) is 1. The average Bonchev–Trinajstić information content (AvgIpc) is 1.67. The molecular weight excluding hydrogens is 1690 g/mol. The average molecular weight is 1810 g/mol. The van der Waals surface area contributed by atoms with Gasteiger partial charge in [-0.05, 0) is 237 Å². The quantitative estimate of drug-likeness (QED) is 0.0273. The van der Waals surface area contributed by atoms with Crippen molar-refractivity contribution in [3.05, 3.63) is 469 Å². The molecule has 16 heterocycles. The molecule has 20 nitrogen and oxygen atoms in total. The molecule has 0 amide bonds. The highest BCUT2D eigenvalue weighted by Crippen LogP contribution is 2.29. The minimum atomic E-state index is 0.0907. The number of carbonyl (C=O) groups is 3. The number of fused-ring (bicyclic) bond motifs is 5. The number of aromatic amines is 5. The first-order valence-electron chi connectivity index (χ1n) is 47.0. The van der Waals surface area contributed by atoms with Crippen LogP contribution in [0.4, 0.5) is 0 Å². The largest absolute Gasteiger partial charge is 0.491 e. The molecule has 1 aliphatic heterocycles. The third-order valence-corrected chi connectivity index (χ3v) is 25.1. The molecular formula is C117H112N16O4. The number of aryl methyl sites for hydroxylation is 7. The Balaban J connectivity index is 0.000000119. The van der Waals surface area contributed by atoms with Crippen molar-refractivity contribution in [2.45, 2.75) is 131 Å². The number of carbonyl (C=O) groups excluding carboxylic acids is 3. The zero-order valence-corrected chi connectivity index (χ0v) is 78.3. The lowest BCUT2D eigenvalue weighted by molar-refractivity contribution is 0.0983. The second kappa shape index (κ2) is 45.2. The molecule has 1 aliphatic rings. The van der Waals surface area contributed by atoms with Gasteiger partial charge in [0, 0.05) is 197 Å². The summed E-state index contributed by atoms with van der Waals surface area (Å²) in [6, 6.07) is 79.4. The van der Waals surface area contributed by atoms with Crippen LogP contribution in [0.2, 0.25) is 0 Å². The molecule has 0 saturated carbocycles. The molecule has 1 atom stereocenters. The Kier molecular flexibility index (Phi) is 30.6. The van der Waals surface area contributed by atoms with Gasteiger partial charge in [0.05, 0.1) is 25.5 Å². The standard InChI is InChI=1S/C28H32N4O.C23H23N3.3C22H19N3O/c1-21-4-6-22(7-5-21)8-10-25-11-9-23(18-29-25)16-24-19-30-28-27(24)17-26(20-31-28)33-15-14-32-12-2-3-13-32;1-16-5-8-19(9-6-16)17(2)12-21-10-7-18(14-25-21)13-20-15-26-23-22(20)4-3-11-24-23;3*1-15-4-7-17(8-5-15)21(26)12-19-9-6-16(13-24-19)11-18-14-25-22-20(18)3-2-10-23-22/h4-7,9,11,17-20H,2-3,8,10,12-16H2,1H3,(H,30,31);3-11,14-15,17H,12-13H2,1-2H3,(H,24,26);3*2-10,13-14H,11-12H2,1H3,(H,23,25). The van der Waals surface area contributed by atoms with Gasteiger partial charge < -0.3 is 29.7 Å². The van der Waals surface area contributed by atoms with Crippen molar-refractivity contribution < 1.29 is 19.1 Å². The number of Topliss-reactive ketones (excluding diaryl/α,β-unsaturated/α-hetero) is 3. The molecule has 137 heavy (non-hydrogen) atoms. The number of aromatic nitrogens is 15. The highest BCUT2D eigenvalue weighted by atomic mass is 16.5. The molecule has 20 heteroatoms. The Labute approximate surface area is 798 Å². The van der Waals surface area contributed by atoms with Gasteiger partial charge in [0.1, 0.15) is 40.6 Å². The molecule has 1 fully saturated rings. The Bertz CT molecular complexity index is 6950. The minimum absolute atomic E-state index is 0.0907. The van der Waals surface area contributed by atoms with Gasteiger partial charge in [-0.15, -0.1) is 0 Å². The van der Waals surface area contributed by atoms with Gasteiger partial charge in [0.2, 0.25) is 0 Å². The highest BCUT2D eigenvalue weighted by Gasteiger charge is 2.19. The molecule has 21 rings (SSSR count). The van der Waals surface area contributed by atoms with E-state index in [1.54, 1.807) is 18.6 Å². The van der Waals surface area contributed by atoms with Crippen molar-refractivity contribution in [3.63, 3.8) is 0 Å². The van der Waals surface area contributed by atoms with Crippen LogP contribution in [-0.2, 0) is 70.6 Å². The summed E-state index contributed by atoms with van der Waals surface area (Å²) >= 11 is 0. The van der Waals surface area contributed by atoms with Crippen LogP contribution in [0.3, 0.4) is 0 Å². The predicted octanol–water partition coefficient (Wildman–Crippen LogP) is 23.2. The molecule has 5 N–H and O–H groups in total. The number of benzene rings is 5. The van der Waals surface area contributed by atoms with E-state index in [-0.39, 0.29) is 17.3 Å². The van der Waals surface area contributed by atoms with Crippen LogP contribution in [-0.4, -0.2) is 123 Å². The number of H-pyrrole nitrogens is 5. The summed E-state index contributed by atoms with van der Waals surface area (Å²) in [6.07, 6.45) is 39.2. The third kappa shape index (κ3) is 25.5. The van der Waals surface area contributed by atoms with Gasteiger partial charge in [-0.3, -0.25) is 44.2 Å². The van der Waals surface area contributed by atoms with Crippen LogP contribution in [0, 0.1) is 34.6 Å². The normalized spacial score (nSPS) is 12.0. The molecule has 0 bridgehead atoms. The fraction of sp³-hybridized carbons (Fsp3) is 0.205. The van der Waals surface area contributed by atoms with Crippen molar-refractivity contribution in [2.24, 2.45) is 0 Å². The van der Waals surface area contributed by atoms with Crippen LogP contribution < -0.4 is 4.74 Å². The summed E-state index contributed by atoms with van der Waals surface area (Å²) in [6.45, 7) is 16.6. The smallest absolute Gasteiger partial charge is 0.168 e. The highest BCUT2D eigenvalue weighted by molar-refractivity contribution is 5.99. The second-order valence-corrected chi connectivity index (χ2v) is 35.7. The maximum absolute atomic E-state index is 12.4. The topological polar surface area (TPSA) is 272 Å². The lowest BCUT2D eigenvalue weighted by Crippen LogP contribution is -2.25. The molecule has 15 aromatic heterocycles. The van der Waals surface area contributed by atoms with Crippen LogP contribution in [0.25, 0.3) is 55.2 Å². The fourth-order valence-electron chi connectivity index (χ4n) is 17.1. The first-order chi connectivity index (χ1) is 67.0. The summed E-state index contributed by atoms with van der Waals surface area (Å²) < 4.78 is 6.01. The van der Waals surface area contributed by atoms with Crippen LogP contribution in [0.15, 0.2) is 330 Å². The fourth-order valence-corrected chi connectivity index (χ4v) is 17.1. The van der Waals surface area contributed by atoms with Crippen LogP contribution in [0.5, 0.6) is 5.75 Å². The molecule has 1 unspecified atom stereocenters. The van der Waals surface area contributed by atoms with Crippen LogP contribution in [0.1, 0.15) is 180 Å². The first kappa shape index (κ1) is 92.9. The molecule has 1 saturated heterocycles. The SMILES string of the molecule is Cc1ccc(C(=O)Cc2ccc(Cc3c[nH]c4ncccc34)cn2)cc1.Cc1ccc(C(=O)Cc2ccc(Cc3c[nH]c4ncccc34)cn2)cc1.Cc1ccc(C(=O)Cc2ccc(Cc3c[nH]c4ncccc34)cn2)cc1.Cc1ccc(C(C)Cc2ccc(Cc3c[nH]c4ncccc34)cn2)cc1.Cc1ccc(CCc2ccc(Cc3c[nH]c4ncc(OCCN5CCCC5)cc34)cn2)cc1. The summed E-state index contributed by atoms with van der Waals surface area (Å²) in [5, 5.41) is 5.70. The lowest BCUT2D eigenvalue weighted by atomic mass is 9.95. The van der Waals surface area contributed by atoms with Crippen molar-refractivity contribution in [1.82, 2.24) is 79.7 Å². The van der Waals surface area contributed by atoms with E-state index in [9.17, 15) is 14.4 Å². The van der Waals surface area contributed by atoms with Gasteiger partial charge in [-0.2, -0.15) is 0 Å². The van der Waals surface area contributed by atoms with E-state index in [0.29, 0.717) is 31.8 Å². The predicted molar refractivity (Wildman–Crippen MR) is 546 cm³/mol. The number of nitrogens with zero attached hydrogens (tertiary/aromatic N) is 11. The summed E-state index contributed by atoms with van der Waals surface area (Å²) in [5.74, 6) is 1.58. The maximum atomic E-state index is 12.4. The third-order valence-electron chi connectivity index (χ3n) is 25.1. The van der Waals surface area contributed by atoms with Crippen LogP contribution >= 0.6 is 0 Å². The van der Waals surface area contributed by atoms with E-state index in [1.807, 2.05) is 222 Å². The molecule has 684 valence electrons. The van der Waals surface area contributed by atoms with E-state index in [2.05, 4.69) is 200 Å². The van der Waals surface area contributed by atoms with E-state index in [0.717, 1.165) is 192 Å². The Morgan fingerprint density at radius 2 is 0.628 bits per heavy atom. The van der Waals surface area contributed by atoms with E-state index < -0.39 is 0 Å². The number of pyridine rings is 10. The number of hydrogen-bond acceptors (Lipinski definition) is 15. The minimum Gasteiger partial charge on any atom is -0.491 e. The monoisotopic (exact) mass is 1800 g/mol. The molecule has 0 aliphatic carbocycles. The Morgan fingerprint density at radius 1 is 0.321 bits per heavy atom. The summed E-state index contributed by atoms with van der Waals surface area (Å²) in [5.41, 5.74) is 32.0. The number of ketones is 3. The van der Waals surface area contributed by atoms with Crippen molar-refractivity contribution in [3.8, 4) is 5.75 Å². The van der Waals surface area contributed by atoms with E-state index >= 15 is 0 Å². The maximum Gasteiger partial charge on any atom is 0.168 e. The zero-order valence-electron chi connectivity index (χ0n) is 78.3. The van der Waals surface area contributed by atoms with Gasteiger partial charge in [0.25, 0.3) is 0 Å². The van der Waals surface area contributed by atoms with Crippen molar-refractivity contribution >= 4 is 72.5 Å². The zero-order chi connectivity index (χ0) is 94.2. The van der Waals surface area contributed by atoms with Gasteiger partial charge in [-0.1, -0.05) is 186 Å². The molecule has 0 radical (unpaired) electrons. The Hall–Kier alpha value is -15.9. The second-order valence-electron chi connectivity index (χ2n) is 35.7. The first-order valence-corrected chi connectivity index (χ1v) is 47.0. The van der Waals surface area contributed by atoms with Crippen molar-refractivity contribution in [1.29, 1.82) is 0 Å².